The van der Waals surface area contributed by atoms with Crippen molar-refractivity contribution >= 4 is 44.4 Å². The molecule has 1 amide bonds. The predicted molar refractivity (Wildman–Crippen MR) is 183 cm³/mol. The fourth-order valence-electron chi connectivity index (χ4n) is 6.24. The van der Waals surface area contributed by atoms with Crippen molar-refractivity contribution in [1.29, 1.82) is 0 Å². The van der Waals surface area contributed by atoms with Crippen LogP contribution in [0.25, 0.3) is 21.3 Å². The summed E-state index contributed by atoms with van der Waals surface area (Å²) in [5, 5.41) is 8.17. The summed E-state index contributed by atoms with van der Waals surface area (Å²) in [6.07, 6.45) is 6.65. The lowest BCUT2D eigenvalue weighted by Gasteiger charge is -2.31. The van der Waals surface area contributed by atoms with E-state index in [1.54, 1.807) is 6.20 Å². The molecule has 0 aliphatic carbocycles. The summed E-state index contributed by atoms with van der Waals surface area (Å²) >= 11 is 1.45. The lowest BCUT2D eigenvalue weighted by atomic mass is 9.94. The molecular formula is C36H38N6O4S. The highest BCUT2D eigenvalue weighted by atomic mass is 32.1. The number of hydrogen-bond acceptors (Lipinski definition) is 9. The normalized spacial score (nSPS) is 16.6. The van der Waals surface area contributed by atoms with Crippen LogP contribution in [0.4, 0.5) is 10.9 Å². The Morgan fingerprint density at radius 2 is 1.96 bits per heavy atom. The van der Waals surface area contributed by atoms with Crippen molar-refractivity contribution in [1.82, 2.24) is 19.7 Å². The van der Waals surface area contributed by atoms with Gasteiger partial charge in [-0.05, 0) is 81.5 Å². The number of rotatable bonds is 7. The molecule has 1 fully saturated rings. The van der Waals surface area contributed by atoms with Gasteiger partial charge in [-0.3, -0.25) is 14.8 Å². The molecule has 0 radical (unpaired) electrons. The van der Waals surface area contributed by atoms with Crippen molar-refractivity contribution in [3.05, 3.63) is 89.4 Å². The molecular weight excluding hydrogens is 613 g/mol. The van der Waals surface area contributed by atoms with Gasteiger partial charge in [0.05, 0.1) is 23.0 Å². The molecule has 3 aromatic heterocycles. The van der Waals surface area contributed by atoms with Crippen molar-refractivity contribution in [2.24, 2.45) is 5.92 Å². The summed E-state index contributed by atoms with van der Waals surface area (Å²) in [6, 6.07) is 17.5. The Kier molecular flexibility index (Phi) is 8.50. The average Bonchev–Trinajstić information content (AvgIpc) is 3.70. The number of para-hydroxylation sites is 1. The van der Waals surface area contributed by atoms with Crippen molar-refractivity contribution in [3.63, 3.8) is 0 Å². The average molecular weight is 651 g/mol. The topological polar surface area (TPSA) is 111 Å². The van der Waals surface area contributed by atoms with Crippen LogP contribution in [0.1, 0.15) is 65.6 Å². The largest absolute Gasteiger partial charge is 0.455 e. The summed E-state index contributed by atoms with van der Waals surface area (Å²) in [5.41, 5.74) is 4.55. The number of carbonyl (C=O) groups is 2. The van der Waals surface area contributed by atoms with E-state index in [0.29, 0.717) is 41.1 Å². The summed E-state index contributed by atoms with van der Waals surface area (Å²) in [4.78, 5) is 38.7. The van der Waals surface area contributed by atoms with E-state index in [4.69, 9.17) is 14.5 Å². The lowest BCUT2D eigenvalue weighted by Crippen LogP contribution is -2.33. The van der Waals surface area contributed by atoms with Crippen LogP contribution in [0.2, 0.25) is 0 Å². The van der Waals surface area contributed by atoms with Crippen LogP contribution < -0.4 is 10.2 Å². The Hall–Kier alpha value is -4.61. The maximum absolute atomic E-state index is 13.6. The third-order valence-corrected chi connectivity index (χ3v) is 9.42. The van der Waals surface area contributed by atoms with Crippen LogP contribution in [0, 0.1) is 5.92 Å². The molecule has 242 valence electrons. The highest BCUT2D eigenvalue weighted by molar-refractivity contribution is 7.22. The first kappa shape index (κ1) is 31.0. The maximum atomic E-state index is 13.6. The van der Waals surface area contributed by atoms with Gasteiger partial charge < -0.3 is 14.4 Å². The van der Waals surface area contributed by atoms with Gasteiger partial charge in [0.25, 0.3) is 5.91 Å². The molecule has 0 saturated carbocycles. The number of pyridine rings is 1. The molecule has 0 spiro atoms. The SMILES string of the molecule is CC(C)(C)OC(=O)c1nc(N2CCc3cccc(C(=O)Nc4nc5ccccc5s4)c3C2)ccc1-c1cnn(CC2CCCOC2)c1. The number of benzene rings is 2. The van der Waals surface area contributed by atoms with E-state index in [9.17, 15) is 9.59 Å². The van der Waals surface area contributed by atoms with Crippen molar-refractivity contribution in [2.75, 3.05) is 30.0 Å². The summed E-state index contributed by atoms with van der Waals surface area (Å²) in [6.45, 7) is 9.02. The fraction of sp³-hybridized carbons (Fsp3) is 0.361. The second kappa shape index (κ2) is 12.9. The highest BCUT2D eigenvalue weighted by Gasteiger charge is 2.27. The number of fused-ring (bicyclic) bond motifs is 2. The minimum Gasteiger partial charge on any atom is -0.455 e. The lowest BCUT2D eigenvalue weighted by molar-refractivity contribution is 0.00638. The van der Waals surface area contributed by atoms with E-state index < -0.39 is 11.6 Å². The van der Waals surface area contributed by atoms with Gasteiger partial charge in [0.15, 0.2) is 10.8 Å². The molecule has 5 heterocycles. The van der Waals surface area contributed by atoms with Crippen LogP contribution in [0.5, 0.6) is 0 Å². The van der Waals surface area contributed by atoms with Crippen molar-refractivity contribution in [2.45, 2.75) is 58.7 Å². The highest BCUT2D eigenvalue weighted by Crippen LogP contribution is 2.32. The Balaban J connectivity index is 1.16. The molecule has 11 heteroatoms. The molecule has 2 aliphatic heterocycles. The number of carbonyl (C=O) groups excluding carboxylic acids is 2. The summed E-state index contributed by atoms with van der Waals surface area (Å²) in [7, 11) is 0. The van der Waals surface area contributed by atoms with Crippen molar-refractivity contribution < 1.29 is 19.1 Å². The minimum absolute atomic E-state index is 0.197. The number of nitrogens with zero attached hydrogens (tertiary/aromatic N) is 5. The van der Waals surface area contributed by atoms with Gasteiger partial charge in [-0.1, -0.05) is 35.6 Å². The summed E-state index contributed by atoms with van der Waals surface area (Å²) in [5.74, 6) is 0.374. The van der Waals surface area contributed by atoms with Gasteiger partial charge in [-0.15, -0.1) is 0 Å². The van der Waals surface area contributed by atoms with Crippen LogP contribution in [0.3, 0.4) is 0 Å². The number of aromatic nitrogens is 4. The zero-order valence-corrected chi connectivity index (χ0v) is 27.7. The van der Waals surface area contributed by atoms with E-state index >= 15 is 0 Å². The number of ether oxygens (including phenoxy) is 2. The van der Waals surface area contributed by atoms with Crippen LogP contribution in [0.15, 0.2) is 67.0 Å². The number of nitrogens with one attached hydrogen (secondary N) is 1. The van der Waals surface area contributed by atoms with Gasteiger partial charge in [0.2, 0.25) is 0 Å². The Labute approximate surface area is 277 Å². The Morgan fingerprint density at radius 1 is 1.09 bits per heavy atom. The molecule has 1 unspecified atom stereocenters. The molecule has 47 heavy (non-hydrogen) atoms. The summed E-state index contributed by atoms with van der Waals surface area (Å²) < 4.78 is 14.4. The van der Waals surface area contributed by atoms with E-state index in [1.807, 2.05) is 80.2 Å². The molecule has 1 N–H and O–H groups in total. The maximum Gasteiger partial charge on any atom is 0.358 e. The first-order valence-electron chi connectivity index (χ1n) is 16.1. The molecule has 2 aromatic carbocycles. The van der Waals surface area contributed by atoms with Gasteiger partial charge in [-0.25, -0.2) is 14.8 Å². The first-order valence-corrected chi connectivity index (χ1v) is 16.9. The number of esters is 1. The zero-order chi connectivity index (χ0) is 32.5. The third kappa shape index (κ3) is 6.91. The van der Waals surface area contributed by atoms with Gasteiger partial charge in [-0.2, -0.15) is 5.10 Å². The second-order valence-electron chi connectivity index (χ2n) is 13.2. The fourth-order valence-corrected chi connectivity index (χ4v) is 7.10. The molecule has 7 rings (SSSR count). The third-order valence-electron chi connectivity index (χ3n) is 8.47. The molecule has 0 bridgehead atoms. The standard InChI is InChI=1S/C36H38N6O4S/c1-36(2,3)46-34(44)32-26(25-18-37-42(20-25)19-23-8-7-17-45-22-23)13-14-31(39-32)41-16-15-24-9-6-10-27(28(24)21-41)33(43)40-35-38-29-11-4-5-12-30(29)47-35/h4-6,9-14,18,20,23H,7-8,15-17,19,21-22H2,1-3H3,(H,38,40,43). The predicted octanol–water partition coefficient (Wildman–Crippen LogP) is 6.75. The van der Waals surface area contributed by atoms with E-state index in [2.05, 4.69) is 26.4 Å². The molecule has 1 atom stereocenters. The monoisotopic (exact) mass is 650 g/mol. The van der Waals surface area contributed by atoms with Crippen LogP contribution in [-0.4, -0.2) is 57.0 Å². The van der Waals surface area contributed by atoms with Gasteiger partial charge in [0, 0.05) is 55.0 Å². The Bertz CT molecular complexity index is 1900. The van der Waals surface area contributed by atoms with Crippen molar-refractivity contribution in [3.8, 4) is 11.1 Å². The smallest absolute Gasteiger partial charge is 0.358 e. The number of amides is 1. The number of thiazole rings is 1. The van der Waals surface area contributed by atoms with Crippen LogP contribution in [-0.2, 0) is 29.0 Å². The molecule has 2 aliphatic rings. The first-order chi connectivity index (χ1) is 22.7. The van der Waals surface area contributed by atoms with Crippen LogP contribution >= 0.6 is 11.3 Å². The Morgan fingerprint density at radius 3 is 2.77 bits per heavy atom. The van der Waals surface area contributed by atoms with E-state index in [1.165, 1.54) is 11.3 Å². The van der Waals surface area contributed by atoms with E-state index in [0.717, 1.165) is 65.9 Å². The quantitative estimate of drug-likeness (QED) is 0.193. The second-order valence-corrected chi connectivity index (χ2v) is 14.2. The number of anilines is 2. The molecule has 1 saturated heterocycles. The van der Waals surface area contributed by atoms with Gasteiger partial charge >= 0.3 is 5.97 Å². The van der Waals surface area contributed by atoms with E-state index in [-0.39, 0.29) is 11.6 Å². The van der Waals surface area contributed by atoms with Gasteiger partial charge in [0.1, 0.15) is 11.4 Å². The molecule has 10 nitrogen and oxygen atoms in total. The molecule has 5 aromatic rings. The number of hydrogen-bond donors (Lipinski definition) is 1. The zero-order valence-electron chi connectivity index (χ0n) is 26.9. The minimum atomic E-state index is -0.688.